The molecule has 0 saturated heterocycles. The van der Waals surface area contributed by atoms with E-state index in [4.69, 9.17) is 11.5 Å². The van der Waals surface area contributed by atoms with Crippen LogP contribution in [0.3, 0.4) is 0 Å². The standard InChI is InChI=1S/C11H12N2S/c1-2-9(13)11-6-7-5-8(12)3-4-10(7)14-11/h2-6,9H,1,12-13H2/t9-/m1/s1. The molecule has 1 aromatic heterocycles. The van der Waals surface area contributed by atoms with Crippen LogP contribution in [0.1, 0.15) is 10.9 Å². The van der Waals surface area contributed by atoms with Gasteiger partial charge < -0.3 is 11.5 Å². The molecule has 0 unspecified atom stereocenters. The second kappa shape index (κ2) is 3.44. The van der Waals surface area contributed by atoms with Gasteiger partial charge in [-0.25, -0.2) is 0 Å². The summed E-state index contributed by atoms with van der Waals surface area (Å²) in [6.07, 6.45) is 1.74. The third-order valence-corrected chi connectivity index (χ3v) is 3.36. The molecule has 1 aromatic carbocycles. The Kier molecular flexibility index (Phi) is 2.27. The first-order valence-corrected chi connectivity index (χ1v) is 5.19. The number of hydrogen-bond donors (Lipinski definition) is 2. The number of fused-ring (bicyclic) bond motifs is 1. The van der Waals surface area contributed by atoms with E-state index in [-0.39, 0.29) is 6.04 Å². The highest BCUT2D eigenvalue weighted by Gasteiger charge is 2.06. The van der Waals surface area contributed by atoms with Gasteiger partial charge in [-0.2, -0.15) is 0 Å². The van der Waals surface area contributed by atoms with Gasteiger partial charge in [0.15, 0.2) is 0 Å². The van der Waals surface area contributed by atoms with Crippen LogP contribution in [0.4, 0.5) is 5.69 Å². The monoisotopic (exact) mass is 204 g/mol. The number of nitrogen functional groups attached to an aromatic ring is 1. The maximum Gasteiger partial charge on any atom is 0.0573 e. The molecule has 0 spiro atoms. The number of nitrogens with two attached hydrogens (primary N) is 2. The molecule has 0 aliphatic rings. The molecule has 14 heavy (non-hydrogen) atoms. The quantitative estimate of drug-likeness (QED) is 0.583. The average Bonchev–Trinajstić information content (AvgIpc) is 2.59. The largest absolute Gasteiger partial charge is 0.399 e. The van der Waals surface area contributed by atoms with Crippen molar-refractivity contribution in [2.24, 2.45) is 5.73 Å². The van der Waals surface area contributed by atoms with Gasteiger partial charge in [-0.3, -0.25) is 0 Å². The van der Waals surface area contributed by atoms with Crippen LogP contribution in [0, 0.1) is 0 Å². The smallest absolute Gasteiger partial charge is 0.0573 e. The third-order valence-electron chi connectivity index (χ3n) is 2.14. The predicted molar refractivity (Wildman–Crippen MR) is 63.4 cm³/mol. The highest BCUT2D eigenvalue weighted by atomic mass is 32.1. The van der Waals surface area contributed by atoms with Gasteiger partial charge in [-0.15, -0.1) is 17.9 Å². The van der Waals surface area contributed by atoms with E-state index >= 15 is 0 Å². The number of rotatable bonds is 2. The van der Waals surface area contributed by atoms with E-state index in [0.29, 0.717) is 0 Å². The molecule has 4 N–H and O–H groups in total. The molecule has 1 heterocycles. The topological polar surface area (TPSA) is 52.0 Å². The molecular weight excluding hydrogens is 192 g/mol. The molecule has 0 amide bonds. The highest BCUT2D eigenvalue weighted by Crippen LogP contribution is 2.30. The lowest BCUT2D eigenvalue weighted by molar-refractivity contribution is 0.941. The van der Waals surface area contributed by atoms with Crippen molar-refractivity contribution >= 4 is 27.1 Å². The van der Waals surface area contributed by atoms with Crippen LogP contribution in [-0.2, 0) is 0 Å². The Morgan fingerprint density at radius 2 is 2.14 bits per heavy atom. The van der Waals surface area contributed by atoms with Gasteiger partial charge in [0.25, 0.3) is 0 Å². The average molecular weight is 204 g/mol. The predicted octanol–water partition coefficient (Wildman–Crippen LogP) is 2.67. The van der Waals surface area contributed by atoms with Crippen LogP contribution in [0.2, 0.25) is 0 Å². The van der Waals surface area contributed by atoms with Crippen molar-refractivity contribution in [3.63, 3.8) is 0 Å². The second-order valence-corrected chi connectivity index (χ2v) is 4.32. The van der Waals surface area contributed by atoms with E-state index in [1.54, 1.807) is 17.4 Å². The summed E-state index contributed by atoms with van der Waals surface area (Å²) in [6, 6.07) is 7.89. The highest BCUT2D eigenvalue weighted by molar-refractivity contribution is 7.19. The molecule has 0 aliphatic carbocycles. The minimum Gasteiger partial charge on any atom is -0.399 e. The van der Waals surface area contributed by atoms with Crippen LogP contribution >= 0.6 is 11.3 Å². The van der Waals surface area contributed by atoms with Crippen molar-refractivity contribution in [1.82, 2.24) is 0 Å². The van der Waals surface area contributed by atoms with Gasteiger partial charge in [0.2, 0.25) is 0 Å². The molecule has 2 aromatic rings. The molecule has 0 bridgehead atoms. The SMILES string of the molecule is C=C[C@@H](N)c1cc2cc(N)ccc2s1. The Labute approximate surface area is 86.8 Å². The number of benzene rings is 1. The normalized spacial score (nSPS) is 12.9. The summed E-state index contributed by atoms with van der Waals surface area (Å²) in [6.45, 7) is 3.68. The molecule has 2 rings (SSSR count). The van der Waals surface area contributed by atoms with E-state index < -0.39 is 0 Å². The van der Waals surface area contributed by atoms with E-state index in [1.165, 1.54) is 4.70 Å². The summed E-state index contributed by atoms with van der Waals surface area (Å²) < 4.78 is 1.21. The lowest BCUT2D eigenvalue weighted by atomic mass is 10.2. The van der Waals surface area contributed by atoms with E-state index in [9.17, 15) is 0 Å². The Morgan fingerprint density at radius 1 is 1.36 bits per heavy atom. The maximum absolute atomic E-state index is 5.86. The van der Waals surface area contributed by atoms with Crippen molar-refractivity contribution < 1.29 is 0 Å². The fraction of sp³-hybridized carbons (Fsp3) is 0.0909. The number of anilines is 1. The van der Waals surface area contributed by atoms with Crippen molar-refractivity contribution in [3.8, 4) is 0 Å². The first-order chi connectivity index (χ1) is 6.70. The lowest BCUT2D eigenvalue weighted by Crippen LogP contribution is -2.03. The lowest BCUT2D eigenvalue weighted by Gasteiger charge is -1.99. The summed E-state index contributed by atoms with van der Waals surface area (Å²) >= 11 is 1.69. The number of thiophene rings is 1. The van der Waals surface area contributed by atoms with Gasteiger partial charge >= 0.3 is 0 Å². The molecule has 0 saturated carbocycles. The van der Waals surface area contributed by atoms with Crippen LogP contribution in [0.5, 0.6) is 0 Å². The van der Waals surface area contributed by atoms with Crippen molar-refractivity contribution in [2.45, 2.75) is 6.04 Å². The Balaban J connectivity index is 2.56. The molecule has 1 atom stereocenters. The Hall–Kier alpha value is -1.32. The number of hydrogen-bond acceptors (Lipinski definition) is 3. The molecule has 72 valence electrons. The van der Waals surface area contributed by atoms with E-state index in [0.717, 1.165) is 16.0 Å². The Bertz CT molecular complexity index is 473. The Morgan fingerprint density at radius 3 is 2.86 bits per heavy atom. The van der Waals surface area contributed by atoms with Gasteiger partial charge in [-0.05, 0) is 29.7 Å². The zero-order chi connectivity index (χ0) is 10.1. The first-order valence-electron chi connectivity index (χ1n) is 4.38. The summed E-state index contributed by atoms with van der Waals surface area (Å²) in [7, 11) is 0. The van der Waals surface area contributed by atoms with Crippen LogP contribution in [-0.4, -0.2) is 0 Å². The van der Waals surface area contributed by atoms with Crippen LogP contribution in [0.15, 0.2) is 36.9 Å². The molecule has 3 heteroatoms. The zero-order valence-corrected chi connectivity index (χ0v) is 8.55. The first kappa shape index (κ1) is 9.24. The summed E-state index contributed by atoms with van der Waals surface area (Å²) in [4.78, 5) is 1.13. The maximum atomic E-state index is 5.86. The molecule has 0 radical (unpaired) electrons. The van der Waals surface area contributed by atoms with Gasteiger partial charge in [0, 0.05) is 15.3 Å². The summed E-state index contributed by atoms with van der Waals surface area (Å²) in [5, 5.41) is 1.15. The molecule has 2 nitrogen and oxygen atoms in total. The minimum atomic E-state index is -0.0753. The van der Waals surface area contributed by atoms with E-state index in [1.807, 2.05) is 18.2 Å². The fourth-order valence-corrected chi connectivity index (χ4v) is 2.41. The third kappa shape index (κ3) is 1.52. The van der Waals surface area contributed by atoms with E-state index in [2.05, 4.69) is 12.6 Å². The van der Waals surface area contributed by atoms with Crippen LogP contribution < -0.4 is 11.5 Å². The fourth-order valence-electron chi connectivity index (χ4n) is 1.36. The summed E-state index contributed by atoms with van der Waals surface area (Å²) in [5.41, 5.74) is 12.3. The van der Waals surface area contributed by atoms with Crippen molar-refractivity contribution in [3.05, 3.63) is 41.8 Å². The molecule has 0 fully saturated rings. The van der Waals surface area contributed by atoms with Gasteiger partial charge in [0.1, 0.15) is 0 Å². The minimum absolute atomic E-state index is 0.0753. The van der Waals surface area contributed by atoms with Crippen LogP contribution in [0.25, 0.3) is 10.1 Å². The van der Waals surface area contributed by atoms with Gasteiger partial charge in [0.05, 0.1) is 6.04 Å². The van der Waals surface area contributed by atoms with Crippen molar-refractivity contribution in [1.29, 1.82) is 0 Å². The molecular formula is C11H12N2S. The second-order valence-electron chi connectivity index (χ2n) is 3.21. The molecule has 0 aliphatic heterocycles. The zero-order valence-electron chi connectivity index (χ0n) is 7.73. The van der Waals surface area contributed by atoms with Crippen molar-refractivity contribution in [2.75, 3.05) is 5.73 Å². The summed E-state index contributed by atoms with van der Waals surface area (Å²) in [5.74, 6) is 0. The van der Waals surface area contributed by atoms with Gasteiger partial charge in [-0.1, -0.05) is 6.08 Å².